The molecule has 0 spiro atoms. The number of imide groups is 1. The van der Waals surface area contributed by atoms with Crippen LogP contribution in [0.25, 0.3) is 10.8 Å². The molecule has 172 valence electrons. The number of ether oxygens (including phenoxy) is 2. The number of carbonyl (C=O) groups excluding carboxylic acids is 4. The number of benzene rings is 3. The highest BCUT2D eigenvalue weighted by Crippen LogP contribution is 2.31. The number of nitrogens with one attached hydrogen (secondary N) is 2. The van der Waals surface area contributed by atoms with Gasteiger partial charge in [0.15, 0.2) is 11.5 Å². The van der Waals surface area contributed by atoms with Gasteiger partial charge >= 0.3 is 0 Å². The highest BCUT2D eigenvalue weighted by atomic mass is 16.6. The first-order valence-corrected chi connectivity index (χ1v) is 10.9. The molecule has 1 unspecified atom stereocenters. The van der Waals surface area contributed by atoms with E-state index >= 15 is 0 Å². The number of para-hydroxylation sites is 2. The summed E-state index contributed by atoms with van der Waals surface area (Å²) in [6, 6.07) is 17.7. The summed E-state index contributed by atoms with van der Waals surface area (Å²) in [5, 5.41) is 1.50. The smallest absolute Gasteiger partial charge is 0.283 e. The molecule has 9 heteroatoms. The van der Waals surface area contributed by atoms with Gasteiger partial charge in [-0.05, 0) is 36.1 Å². The number of rotatable bonds is 5. The van der Waals surface area contributed by atoms with Crippen molar-refractivity contribution < 1.29 is 28.7 Å². The lowest BCUT2D eigenvalue weighted by Gasteiger charge is -2.27. The molecule has 0 saturated heterocycles. The van der Waals surface area contributed by atoms with Crippen LogP contribution in [0, 0.1) is 0 Å². The monoisotopic (exact) mass is 459 g/mol. The van der Waals surface area contributed by atoms with Crippen LogP contribution in [-0.4, -0.2) is 47.8 Å². The van der Waals surface area contributed by atoms with Crippen LogP contribution in [0.1, 0.15) is 33.6 Å². The van der Waals surface area contributed by atoms with Crippen LogP contribution in [0.5, 0.6) is 11.5 Å². The van der Waals surface area contributed by atoms with E-state index in [0.717, 1.165) is 10.3 Å². The Morgan fingerprint density at radius 2 is 1.56 bits per heavy atom. The normalized spacial score (nSPS) is 16.4. The minimum atomic E-state index is -0.901. The van der Waals surface area contributed by atoms with Crippen molar-refractivity contribution in [2.75, 3.05) is 13.2 Å². The fourth-order valence-corrected chi connectivity index (χ4v) is 4.10. The zero-order chi connectivity index (χ0) is 23.7. The minimum Gasteiger partial charge on any atom is -0.485 e. The Kier molecular flexibility index (Phi) is 5.59. The maximum Gasteiger partial charge on any atom is 0.283 e. The van der Waals surface area contributed by atoms with Crippen LogP contribution in [0.3, 0.4) is 0 Å². The molecule has 1 atom stereocenters. The van der Waals surface area contributed by atoms with E-state index < -0.39 is 17.9 Å². The molecule has 2 aliphatic heterocycles. The van der Waals surface area contributed by atoms with Crippen molar-refractivity contribution >= 4 is 34.4 Å². The highest BCUT2D eigenvalue weighted by Gasteiger charge is 2.32. The van der Waals surface area contributed by atoms with Crippen LogP contribution in [0.15, 0.2) is 60.7 Å². The summed E-state index contributed by atoms with van der Waals surface area (Å²) in [5.74, 6) is -0.751. The molecule has 0 saturated carbocycles. The molecule has 9 nitrogen and oxygen atoms in total. The van der Waals surface area contributed by atoms with Gasteiger partial charge < -0.3 is 9.47 Å². The van der Waals surface area contributed by atoms with Crippen molar-refractivity contribution in [1.82, 2.24) is 15.8 Å². The summed E-state index contributed by atoms with van der Waals surface area (Å²) in [6.45, 7) is 0.103. The molecule has 3 aromatic carbocycles. The highest BCUT2D eigenvalue weighted by molar-refractivity contribution is 6.25. The van der Waals surface area contributed by atoms with Crippen molar-refractivity contribution in [2.45, 2.75) is 18.9 Å². The summed E-state index contributed by atoms with van der Waals surface area (Å²) in [5.41, 5.74) is 5.60. The lowest BCUT2D eigenvalue weighted by atomic mass is 9.94. The maximum atomic E-state index is 12.9. The average Bonchev–Trinajstić information content (AvgIpc) is 2.87. The number of hydrazine groups is 1. The van der Waals surface area contributed by atoms with Gasteiger partial charge in [-0.3, -0.25) is 34.9 Å². The molecule has 2 N–H and O–H groups in total. The molecule has 5 rings (SSSR count). The lowest BCUT2D eigenvalue weighted by molar-refractivity contribution is -0.135. The van der Waals surface area contributed by atoms with Crippen LogP contribution in [0.4, 0.5) is 0 Å². The van der Waals surface area contributed by atoms with E-state index in [-0.39, 0.29) is 37.8 Å². The predicted molar refractivity (Wildman–Crippen MR) is 121 cm³/mol. The summed E-state index contributed by atoms with van der Waals surface area (Å²) in [6.07, 6.45) is -0.650. The fourth-order valence-electron chi connectivity index (χ4n) is 4.10. The molecule has 2 aliphatic rings. The Morgan fingerprint density at radius 1 is 0.882 bits per heavy atom. The summed E-state index contributed by atoms with van der Waals surface area (Å²) >= 11 is 0. The second kappa shape index (κ2) is 8.86. The van der Waals surface area contributed by atoms with E-state index in [4.69, 9.17) is 9.47 Å². The molecular formula is C25H21N3O6. The number of hydrogen-bond donors (Lipinski definition) is 2. The van der Waals surface area contributed by atoms with Gasteiger partial charge in [0.1, 0.15) is 6.61 Å². The van der Waals surface area contributed by atoms with Crippen LogP contribution in [-0.2, 0) is 9.59 Å². The number of hydrogen-bond acceptors (Lipinski definition) is 6. The SMILES string of the molecule is O=C(CCCN1C(=O)c2cccc3cccc(c23)C1=O)NNC(=O)C1COc2ccccc2O1. The predicted octanol–water partition coefficient (Wildman–Crippen LogP) is 2.20. The van der Waals surface area contributed by atoms with Gasteiger partial charge in [0, 0.05) is 29.5 Å². The Bertz CT molecular complexity index is 1270. The standard InChI is InChI=1S/C25H21N3O6/c29-21(26-27-23(30)20-14-33-18-10-1-2-11-19(18)34-20)12-5-13-28-24(31)16-8-3-6-15-7-4-9-17(22(15)16)25(28)32/h1-4,6-11,20H,5,12-14H2,(H,26,29)(H,27,30). The Morgan fingerprint density at radius 3 is 2.26 bits per heavy atom. The molecule has 0 radical (unpaired) electrons. The number of carbonyl (C=O) groups is 4. The van der Waals surface area contributed by atoms with E-state index in [0.29, 0.717) is 28.0 Å². The number of fused-ring (bicyclic) bond motifs is 1. The molecule has 0 aromatic heterocycles. The summed E-state index contributed by atoms with van der Waals surface area (Å²) in [7, 11) is 0. The van der Waals surface area contributed by atoms with Crippen LogP contribution >= 0.6 is 0 Å². The first-order chi connectivity index (χ1) is 16.5. The first kappa shape index (κ1) is 21.4. The molecular weight excluding hydrogens is 438 g/mol. The quantitative estimate of drug-likeness (QED) is 0.447. The molecule has 3 aromatic rings. The van der Waals surface area contributed by atoms with Crippen molar-refractivity contribution in [2.24, 2.45) is 0 Å². The van der Waals surface area contributed by atoms with Crippen molar-refractivity contribution in [3.8, 4) is 11.5 Å². The summed E-state index contributed by atoms with van der Waals surface area (Å²) < 4.78 is 11.1. The van der Waals surface area contributed by atoms with Crippen molar-refractivity contribution in [3.63, 3.8) is 0 Å². The van der Waals surface area contributed by atoms with Crippen molar-refractivity contribution in [3.05, 3.63) is 71.8 Å². The van der Waals surface area contributed by atoms with Gasteiger partial charge in [-0.1, -0.05) is 36.4 Å². The Balaban J connectivity index is 1.12. The second-order valence-corrected chi connectivity index (χ2v) is 7.98. The zero-order valence-corrected chi connectivity index (χ0v) is 18.1. The van der Waals surface area contributed by atoms with E-state index in [1.807, 2.05) is 12.1 Å². The molecule has 0 bridgehead atoms. The average molecular weight is 459 g/mol. The number of nitrogens with zero attached hydrogens (tertiary/aromatic N) is 1. The molecule has 2 heterocycles. The van der Waals surface area contributed by atoms with Crippen LogP contribution < -0.4 is 20.3 Å². The van der Waals surface area contributed by atoms with E-state index in [9.17, 15) is 19.2 Å². The van der Waals surface area contributed by atoms with Gasteiger partial charge in [-0.2, -0.15) is 0 Å². The first-order valence-electron chi connectivity index (χ1n) is 10.9. The fraction of sp³-hybridized carbons (Fsp3) is 0.200. The van der Waals surface area contributed by atoms with Gasteiger partial charge in [0.05, 0.1) is 0 Å². The molecule has 0 fully saturated rings. The lowest BCUT2D eigenvalue weighted by Crippen LogP contribution is -2.51. The zero-order valence-electron chi connectivity index (χ0n) is 18.1. The Labute approximate surface area is 194 Å². The minimum absolute atomic E-state index is 0.00798. The van der Waals surface area contributed by atoms with Crippen LogP contribution in [0.2, 0.25) is 0 Å². The molecule has 4 amide bonds. The van der Waals surface area contributed by atoms with Gasteiger partial charge in [0.25, 0.3) is 17.7 Å². The van der Waals surface area contributed by atoms with E-state index in [1.165, 1.54) is 0 Å². The maximum absolute atomic E-state index is 12.9. The Hall–Kier alpha value is -4.40. The summed E-state index contributed by atoms with van der Waals surface area (Å²) in [4.78, 5) is 51.4. The van der Waals surface area contributed by atoms with E-state index in [1.54, 1.807) is 48.5 Å². The number of amides is 4. The molecule has 34 heavy (non-hydrogen) atoms. The third-order valence-corrected chi connectivity index (χ3v) is 5.77. The third-order valence-electron chi connectivity index (χ3n) is 5.77. The molecule has 0 aliphatic carbocycles. The van der Waals surface area contributed by atoms with Crippen molar-refractivity contribution in [1.29, 1.82) is 0 Å². The van der Waals surface area contributed by atoms with Gasteiger partial charge in [-0.15, -0.1) is 0 Å². The third kappa shape index (κ3) is 3.92. The largest absolute Gasteiger partial charge is 0.485 e. The van der Waals surface area contributed by atoms with Gasteiger partial charge in [0.2, 0.25) is 12.0 Å². The van der Waals surface area contributed by atoms with E-state index in [2.05, 4.69) is 10.9 Å². The second-order valence-electron chi connectivity index (χ2n) is 7.98. The van der Waals surface area contributed by atoms with Gasteiger partial charge in [-0.25, -0.2) is 0 Å². The topological polar surface area (TPSA) is 114 Å².